The molecular formula is C18H32N2. The molecule has 0 spiro atoms. The Kier molecular flexibility index (Phi) is 6.70. The fourth-order valence-electron chi connectivity index (χ4n) is 2.44. The highest BCUT2D eigenvalue weighted by molar-refractivity contribution is 5.26. The molecule has 0 radical (unpaired) electrons. The normalized spacial score (nSPS) is 15.1. The summed E-state index contributed by atoms with van der Waals surface area (Å²) in [5.41, 5.74) is 2.79. The summed E-state index contributed by atoms with van der Waals surface area (Å²) < 4.78 is 0. The Morgan fingerprint density at radius 2 is 1.40 bits per heavy atom. The maximum atomic E-state index is 3.77. The number of nitrogens with one attached hydrogen (secondary N) is 1. The molecule has 1 aromatic carbocycles. The van der Waals surface area contributed by atoms with Gasteiger partial charge < -0.3 is 10.2 Å². The minimum Gasteiger partial charge on any atom is -0.308 e. The van der Waals surface area contributed by atoms with E-state index in [-0.39, 0.29) is 0 Å². The Hall–Kier alpha value is -0.860. The molecule has 0 aliphatic heterocycles. The van der Waals surface area contributed by atoms with Gasteiger partial charge >= 0.3 is 0 Å². The van der Waals surface area contributed by atoms with E-state index in [4.69, 9.17) is 0 Å². The Morgan fingerprint density at radius 1 is 0.900 bits per heavy atom. The topological polar surface area (TPSA) is 15.3 Å². The van der Waals surface area contributed by atoms with Gasteiger partial charge in [0.25, 0.3) is 0 Å². The Morgan fingerprint density at radius 3 is 1.80 bits per heavy atom. The van der Waals surface area contributed by atoms with Crippen LogP contribution in [0.5, 0.6) is 0 Å². The highest BCUT2D eigenvalue weighted by Crippen LogP contribution is 2.19. The lowest BCUT2D eigenvalue weighted by Crippen LogP contribution is -2.43. The number of hydrogen-bond acceptors (Lipinski definition) is 2. The lowest BCUT2D eigenvalue weighted by molar-refractivity contribution is 0.273. The molecule has 0 aromatic heterocycles. The molecule has 1 aromatic rings. The maximum absolute atomic E-state index is 3.77. The summed E-state index contributed by atoms with van der Waals surface area (Å²) in [6.45, 7) is 12.4. The smallest absolute Gasteiger partial charge is 0.0294 e. The van der Waals surface area contributed by atoms with Crippen molar-refractivity contribution in [2.75, 3.05) is 20.6 Å². The molecular weight excluding hydrogens is 244 g/mol. The van der Waals surface area contributed by atoms with Crippen LogP contribution >= 0.6 is 0 Å². The predicted octanol–water partition coefficient (Wildman–Crippen LogP) is 4.05. The van der Waals surface area contributed by atoms with Crippen molar-refractivity contribution in [2.45, 2.75) is 52.6 Å². The van der Waals surface area contributed by atoms with Gasteiger partial charge in [0.2, 0.25) is 0 Å². The van der Waals surface area contributed by atoms with E-state index in [1.165, 1.54) is 11.1 Å². The number of hydrogen-bond donors (Lipinski definition) is 1. The van der Waals surface area contributed by atoms with Gasteiger partial charge in [-0.25, -0.2) is 0 Å². The number of likely N-dealkylation sites (N-methyl/N-ethyl adjacent to an activating group) is 1. The van der Waals surface area contributed by atoms with E-state index in [1.54, 1.807) is 0 Å². The van der Waals surface area contributed by atoms with Crippen LogP contribution in [0.3, 0.4) is 0 Å². The molecule has 0 fully saturated rings. The van der Waals surface area contributed by atoms with Gasteiger partial charge in [-0.1, -0.05) is 52.0 Å². The predicted molar refractivity (Wildman–Crippen MR) is 89.3 cm³/mol. The average Bonchev–Trinajstić information content (AvgIpc) is 2.37. The van der Waals surface area contributed by atoms with Crippen LogP contribution in [-0.4, -0.2) is 31.6 Å². The van der Waals surface area contributed by atoms with Crippen molar-refractivity contribution in [3.63, 3.8) is 0 Å². The first-order valence-electron chi connectivity index (χ1n) is 7.82. The van der Waals surface area contributed by atoms with Gasteiger partial charge in [0, 0.05) is 18.6 Å². The van der Waals surface area contributed by atoms with E-state index < -0.39 is 0 Å². The molecule has 114 valence electrons. The van der Waals surface area contributed by atoms with Gasteiger partial charge in [0.05, 0.1) is 0 Å². The third kappa shape index (κ3) is 5.26. The molecule has 0 aliphatic carbocycles. The number of nitrogens with zero attached hydrogens (tertiary/aromatic N) is 1. The number of benzene rings is 1. The second-order valence-electron chi connectivity index (χ2n) is 6.82. The quantitative estimate of drug-likeness (QED) is 0.808. The van der Waals surface area contributed by atoms with Crippen molar-refractivity contribution >= 4 is 0 Å². The second-order valence-corrected chi connectivity index (χ2v) is 6.82. The Bertz CT molecular complexity index is 379. The zero-order valence-corrected chi connectivity index (χ0v) is 14.3. The maximum Gasteiger partial charge on any atom is 0.0294 e. The number of rotatable bonds is 7. The van der Waals surface area contributed by atoms with Crippen molar-refractivity contribution < 1.29 is 0 Å². The van der Waals surface area contributed by atoms with E-state index in [0.29, 0.717) is 23.9 Å². The van der Waals surface area contributed by atoms with E-state index in [9.17, 15) is 0 Å². The summed E-state index contributed by atoms with van der Waals surface area (Å²) in [4.78, 5) is 2.26. The molecule has 0 heterocycles. The Labute approximate surface area is 125 Å². The highest BCUT2D eigenvalue weighted by atomic mass is 15.1. The molecule has 1 rings (SSSR count). The van der Waals surface area contributed by atoms with E-state index in [2.05, 4.69) is 83.2 Å². The van der Waals surface area contributed by atoms with Crippen LogP contribution in [-0.2, 0) is 0 Å². The average molecular weight is 276 g/mol. The van der Waals surface area contributed by atoms with Crippen LogP contribution in [0, 0.1) is 5.92 Å². The van der Waals surface area contributed by atoms with Gasteiger partial charge in [0.15, 0.2) is 0 Å². The largest absolute Gasteiger partial charge is 0.308 e. The molecule has 20 heavy (non-hydrogen) atoms. The molecule has 0 bridgehead atoms. The molecule has 2 nitrogen and oxygen atoms in total. The molecule has 0 amide bonds. The summed E-state index contributed by atoms with van der Waals surface area (Å²) in [6, 6.07) is 9.96. The van der Waals surface area contributed by atoms with Crippen LogP contribution in [0.4, 0.5) is 0 Å². The fourth-order valence-corrected chi connectivity index (χ4v) is 2.44. The van der Waals surface area contributed by atoms with Crippen LogP contribution < -0.4 is 5.32 Å². The summed E-state index contributed by atoms with van der Waals surface area (Å²) in [5, 5.41) is 3.77. The van der Waals surface area contributed by atoms with Gasteiger partial charge in [-0.15, -0.1) is 0 Å². The van der Waals surface area contributed by atoms with Crippen molar-refractivity contribution in [2.24, 2.45) is 5.92 Å². The standard InChI is InChI=1S/C18H32N2/c1-13(2)16-8-10-17(11-9-16)15(5)19-18(14(3)4)12-20(6)7/h8-11,13-15,18-19H,12H2,1-7H3. The zero-order chi connectivity index (χ0) is 15.3. The molecule has 1 N–H and O–H groups in total. The summed E-state index contributed by atoms with van der Waals surface area (Å²) in [5.74, 6) is 1.24. The summed E-state index contributed by atoms with van der Waals surface area (Å²) in [7, 11) is 4.28. The minimum atomic E-state index is 0.392. The third-order valence-corrected chi connectivity index (χ3v) is 3.93. The summed E-state index contributed by atoms with van der Waals surface area (Å²) in [6.07, 6.45) is 0. The Balaban J connectivity index is 2.70. The van der Waals surface area contributed by atoms with Gasteiger partial charge in [-0.05, 0) is 44.0 Å². The van der Waals surface area contributed by atoms with Crippen molar-refractivity contribution in [3.8, 4) is 0 Å². The first kappa shape index (κ1) is 17.2. The first-order valence-corrected chi connectivity index (χ1v) is 7.82. The second kappa shape index (κ2) is 7.80. The molecule has 0 aliphatic rings. The van der Waals surface area contributed by atoms with Gasteiger partial charge in [-0.2, -0.15) is 0 Å². The first-order chi connectivity index (χ1) is 9.31. The van der Waals surface area contributed by atoms with E-state index in [0.717, 1.165) is 6.54 Å². The zero-order valence-electron chi connectivity index (χ0n) is 14.3. The molecule has 2 heteroatoms. The fraction of sp³-hybridized carbons (Fsp3) is 0.667. The molecule has 0 saturated heterocycles. The van der Waals surface area contributed by atoms with E-state index in [1.807, 2.05) is 0 Å². The van der Waals surface area contributed by atoms with Crippen LogP contribution in [0.25, 0.3) is 0 Å². The third-order valence-electron chi connectivity index (χ3n) is 3.93. The minimum absolute atomic E-state index is 0.392. The summed E-state index contributed by atoms with van der Waals surface area (Å²) >= 11 is 0. The molecule has 2 atom stereocenters. The molecule has 0 saturated carbocycles. The van der Waals surface area contributed by atoms with Crippen LogP contribution in [0.15, 0.2) is 24.3 Å². The highest BCUT2D eigenvalue weighted by Gasteiger charge is 2.17. The van der Waals surface area contributed by atoms with E-state index >= 15 is 0 Å². The monoisotopic (exact) mass is 276 g/mol. The lowest BCUT2D eigenvalue weighted by Gasteiger charge is -2.29. The van der Waals surface area contributed by atoms with Crippen molar-refractivity contribution in [1.29, 1.82) is 0 Å². The lowest BCUT2D eigenvalue weighted by atomic mass is 9.97. The SMILES string of the molecule is CC(C)c1ccc(C(C)NC(CN(C)C)C(C)C)cc1. The van der Waals surface area contributed by atoms with Crippen molar-refractivity contribution in [3.05, 3.63) is 35.4 Å². The van der Waals surface area contributed by atoms with Gasteiger partial charge in [-0.3, -0.25) is 0 Å². The van der Waals surface area contributed by atoms with Gasteiger partial charge in [0.1, 0.15) is 0 Å². The van der Waals surface area contributed by atoms with Crippen LogP contribution in [0.1, 0.15) is 57.7 Å². The molecule has 2 unspecified atom stereocenters. The van der Waals surface area contributed by atoms with Crippen LogP contribution in [0.2, 0.25) is 0 Å². The van der Waals surface area contributed by atoms with Crippen molar-refractivity contribution in [1.82, 2.24) is 10.2 Å².